The number of hydrazine groups is 1. The van der Waals surface area contributed by atoms with Gasteiger partial charge in [-0.1, -0.05) is 18.2 Å². The zero-order chi connectivity index (χ0) is 14.4. The standard InChI is InChI=1S/C13H17N5O2/c1-10(7-8-12(19)16-14)20-13-15-9-18(17-13)11-5-3-2-4-6-11/h2-6,9-10H,7-8,14H2,1H3,(H,16,19). The average Bonchev–Trinajstić information content (AvgIpc) is 2.94. The highest BCUT2D eigenvalue weighted by molar-refractivity contribution is 5.75. The van der Waals surface area contributed by atoms with E-state index in [1.54, 1.807) is 11.0 Å². The highest BCUT2D eigenvalue weighted by Crippen LogP contribution is 2.11. The number of hydrogen-bond acceptors (Lipinski definition) is 5. The minimum Gasteiger partial charge on any atom is -0.459 e. The van der Waals surface area contributed by atoms with Crippen LogP contribution in [0.4, 0.5) is 0 Å². The number of aromatic nitrogens is 3. The molecule has 2 aromatic rings. The molecular weight excluding hydrogens is 258 g/mol. The maximum Gasteiger partial charge on any atom is 0.336 e. The van der Waals surface area contributed by atoms with Gasteiger partial charge in [-0.05, 0) is 25.5 Å². The van der Waals surface area contributed by atoms with E-state index in [1.165, 1.54) is 0 Å². The predicted octanol–water partition coefficient (Wildman–Crippen LogP) is 0.805. The molecule has 7 heteroatoms. The number of hydrogen-bond donors (Lipinski definition) is 2. The van der Waals surface area contributed by atoms with Gasteiger partial charge in [0.25, 0.3) is 0 Å². The first-order valence-electron chi connectivity index (χ1n) is 6.32. The number of nitrogens with zero attached hydrogens (tertiary/aromatic N) is 3. The van der Waals surface area contributed by atoms with Crippen LogP contribution in [-0.4, -0.2) is 26.8 Å². The number of carbonyl (C=O) groups excluding carboxylic acids is 1. The second-order valence-corrected chi connectivity index (χ2v) is 4.34. The Morgan fingerprint density at radius 3 is 2.90 bits per heavy atom. The molecule has 0 saturated heterocycles. The Morgan fingerprint density at radius 1 is 1.45 bits per heavy atom. The summed E-state index contributed by atoms with van der Waals surface area (Å²) >= 11 is 0. The third-order valence-electron chi connectivity index (χ3n) is 2.74. The van der Waals surface area contributed by atoms with Crippen molar-refractivity contribution in [3.05, 3.63) is 36.7 Å². The van der Waals surface area contributed by atoms with Gasteiger partial charge in [-0.2, -0.15) is 4.98 Å². The first-order valence-corrected chi connectivity index (χ1v) is 6.32. The molecule has 7 nitrogen and oxygen atoms in total. The molecule has 1 aromatic heterocycles. The number of ether oxygens (including phenoxy) is 1. The molecule has 0 aliphatic heterocycles. The first-order chi connectivity index (χ1) is 9.69. The molecule has 1 heterocycles. The van der Waals surface area contributed by atoms with Gasteiger partial charge in [0.05, 0.1) is 11.8 Å². The van der Waals surface area contributed by atoms with Crippen molar-refractivity contribution in [1.29, 1.82) is 0 Å². The molecule has 0 fully saturated rings. The lowest BCUT2D eigenvalue weighted by atomic mass is 10.2. The molecule has 0 spiro atoms. The van der Waals surface area contributed by atoms with Crippen molar-refractivity contribution in [1.82, 2.24) is 20.2 Å². The smallest absolute Gasteiger partial charge is 0.336 e. The summed E-state index contributed by atoms with van der Waals surface area (Å²) in [5.74, 6) is 4.79. The first kappa shape index (κ1) is 14.0. The van der Waals surface area contributed by atoms with Crippen LogP contribution in [0, 0.1) is 0 Å². The van der Waals surface area contributed by atoms with Crippen LogP contribution in [0.5, 0.6) is 6.01 Å². The average molecular weight is 275 g/mol. The Hall–Kier alpha value is -2.41. The molecule has 1 atom stereocenters. The molecule has 0 aliphatic carbocycles. The van der Waals surface area contributed by atoms with Crippen molar-refractivity contribution in [3.8, 4) is 11.7 Å². The number of nitrogens with two attached hydrogens (primary N) is 1. The van der Waals surface area contributed by atoms with Crippen molar-refractivity contribution in [2.45, 2.75) is 25.9 Å². The summed E-state index contributed by atoms with van der Waals surface area (Å²) in [4.78, 5) is 15.1. The molecule has 106 valence electrons. The zero-order valence-electron chi connectivity index (χ0n) is 11.2. The van der Waals surface area contributed by atoms with Crippen molar-refractivity contribution in [2.75, 3.05) is 0 Å². The van der Waals surface area contributed by atoms with E-state index < -0.39 is 0 Å². The lowest BCUT2D eigenvalue weighted by Gasteiger charge is -2.10. The number of rotatable bonds is 6. The summed E-state index contributed by atoms with van der Waals surface area (Å²) in [5.41, 5.74) is 2.99. The van der Waals surface area contributed by atoms with Gasteiger partial charge < -0.3 is 4.74 Å². The highest BCUT2D eigenvalue weighted by Gasteiger charge is 2.10. The van der Waals surface area contributed by atoms with Crippen LogP contribution in [0.15, 0.2) is 36.7 Å². The van der Waals surface area contributed by atoms with Crippen LogP contribution in [0.25, 0.3) is 5.69 Å². The van der Waals surface area contributed by atoms with Crippen LogP contribution >= 0.6 is 0 Å². The van der Waals surface area contributed by atoms with Gasteiger partial charge in [0.1, 0.15) is 6.33 Å². The molecule has 0 saturated carbocycles. The molecule has 0 aliphatic rings. The number of benzene rings is 1. The van der Waals surface area contributed by atoms with Crippen LogP contribution in [0.2, 0.25) is 0 Å². The third-order valence-corrected chi connectivity index (χ3v) is 2.74. The molecule has 1 unspecified atom stereocenters. The molecular formula is C13H17N5O2. The molecule has 0 bridgehead atoms. The Balaban J connectivity index is 1.91. The maximum absolute atomic E-state index is 11.0. The lowest BCUT2D eigenvalue weighted by molar-refractivity contribution is -0.121. The second kappa shape index (κ2) is 6.67. The summed E-state index contributed by atoms with van der Waals surface area (Å²) in [5, 5.41) is 4.23. The van der Waals surface area contributed by atoms with Gasteiger partial charge in [-0.3, -0.25) is 10.2 Å². The highest BCUT2D eigenvalue weighted by atomic mass is 16.5. The van der Waals surface area contributed by atoms with Crippen molar-refractivity contribution in [2.24, 2.45) is 5.84 Å². The lowest BCUT2D eigenvalue weighted by Crippen LogP contribution is -2.30. The van der Waals surface area contributed by atoms with Gasteiger partial charge >= 0.3 is 6.01 Å². The fraction of sp³-hybridized carbons (Fsp3) is 0.308. The molecule has 3 N–H and O–H groups in total. The molecule has 20 heavy (non-hydrogen) atoms. The molecule has 1 aromatic carbocycles. The molecule has 2 rings (SSSR count). The number of para-hydroxylation sites is 1. The van der Waals surface area contributed by atoms with Crippen LogP contribution in [-0.2, 0) is 4.79 Å². The van der Waals surface area contributed by atoms with E-state index in [4.69, 9.17) is 10.6 Å². The van der Waals surface area contributed by atoms with Crippen LogP contribution in [0.3, 0.4) is 0 Å². The van der Waals surface area contributed by atoms with E-state index >= 15 is 0 Å². The van der Waals surface area contributed by atoms with Crippen molar-refractivity contribution >= 4 is 5.91 Å². The summed E-state index contributed by atoms with van der Waals surface area (Å²) < 4.78 is 7.18. The van der Waals surface area contributed by atoms with E-state index in [0.717, 1.165) is 5.69 Å². The second-order valence-electron chi connectivity index (χ2n) is 4.34. The van der Waals surface area contributed by atoms with Crippen LogP contribution < -0.4 is 16.0 Å². The van der Waals surface area contributed by atoms with Crippen LogP contribution in [0.1, 0.15) is 19.8 Å². The summed E-state index contributed by atoms with van der Waals surface area (Å²) in [6, 6.07) is 9.91. The summed E-state index contributed by atoms with van der Waals surface area (Å²) in [7, 11) is 0. The summed E-state index contributed by atoms with van der Waals surface area (Å²) in [6.45, 7) is 1.85. The minimum atomic E-state index is -0.219. The predicted molar refractivity (Wildman–Crippen MR) is 73.0 cm³/mol. The normalized spacial score (nSPS) is 11.9. The number of nitrogens with one attached hydrogen (secondary N) is 1. The summed E-state index contributed by atoms with van der Waals surface area (Å²) in [6.07, 6.45) is 2.27. The van der Waals surface area contributed by atoms with Gasteiger partial charge in [0, 0.05) is 6.42 Å². The van der Waals surface area contributed by atoms with Gasteiger partial charge in [0.15, 0.2) is 0 Å². The van der Waals surface area contributed by atoms with Gasteiger partial charge in [0.2, 0.25) is 5.91 Å². The largest absolute Gasteiger partial charge is 0.459 e. The third kappa shape index (κ3) is 3.79. The molecule has 0 radical (unpaired) electrons. The monoisotopic (exact) mass is 275 g/mol. The van der Waals surface area contributed by atoms with Crippen molar-refractivity contribution < 1.29 is 9.53 Å². The molecule has 1 amide bonds. The fourth-order valence-corrected chi connectivity index (χ4v) is 1.65. The van der Waals surface area contributed by atoms with E-state index in [-0.39, 0.29) is 18.0 Å². The Morgan fingerprint density at radius 2 is 2.20 bits per heavy atom. The van der Waals surface area contributed by atoms with Gasteiger partial charge in [-0.15, -0.1) is 5.10 Å². The topological polar surface area (TPSA) is 95.1 Å². The van der Waals surface area contributed by atoms with E-state index in [1.807, 2.05) is 37.3 Å². The minimum absolute atomic E-state index is 0.168. The zero-order valence-corrected chi connectivity index (χ0v) is 11.2. The number of carbonyl (C=O) groups is 1. The fourth-order valence-electron chi connectivity index (χ4n) is 1.65. The van der Waals surface area contributed by atoms with E-state index in [2.05, 4.69) is 15.5 Å². The van der Waals surface area contributed by atoms with Crippen molar-refractivity contribution in [3.63, 3.8) is 0 Å². The van der Waals surface area contributed by atoms with E-state index in [0.29, 0.717) is 12.8 Å². The quantitative estimate of drug-likeness (QED) is 0.462. The Kier molecular flexibility index (Phi) is 4.67. The SMILES string of the molecule is CC(CCC(=O)NN)Oc1ncn(-c2ccccc2)n1. The number of amides is 1. The Labute approximate surface area is 116 Å². The van der Waals surface area contributed by atoms with Gasteiger partial charge in [-0.25, -0.2) is 10.5 Å². The maximum atomic E-state index is 11.0. The van der Waals surface area contributed by atoms with E-state index in [9.17, 15) is 4.79 Å². The Bertz CT molecular complexity index is 555.